The monoisotopic (exact) mass is 244 g/mol. The first kappa shape index (κ1) is 14.3. The Morgan fingerprint density at radius 1 is 1.44 bits per heavy atom. The fourth-order valence-corrected chi connectivity index (χ4v) is 3.08. The number of rotatable bonds is 7. The van der Waals surface area contributed by atoms with Crippen molar-refractivity contribution >= 4 is 11.8 Å². The van der Waals surface area contributed by atoms with E-state index in [0.717, 1.165) is 6.04 Å². The van der Waals surface area contributed by atoms with Gasteiger partial charge in [-0.05, 0) is 59.0 Å². The lowest BCUT2D eigenvalue weighted by Crippen LogP contribution is -2.36. The average Bonchev–Trinajstić information content (AvgIpc) is 2.30. The van der Waals surface area contributed by atoms with Crippen molar-refractivity contribution in [3.05, 3.63) is 0 Å². The molecule has 0 aromatic rings. The first-order valence-corrected chi connectivity index (χ1v) is 8.06. The second-order valence-electron chi connectivity index (χ2n) is 5.07. The van der Waals surface area contributed by atoms with E-state index >= 15 is 0 Å². The molecule has 2 unspecified atom stereocenters. The molecule has 1 N–H and O–H groups in total. The fraction of sp³-hybridized carbons (Fsp3) is 1.00. The van der Waals surface area contributed by atoms with Crippen molar-refractivity contribution < 1.29 is 0 Å². The van der Waals surface area contributed by atoms with Crippen LogP contribution < -0.4 is 5.32 Å². The predicted octanol–water partition coefficient (Wildman–Crippen LogP) is 2.59. The zero-order valence-electron chi connectivity index (χ0n) is 11.2. The summed E-state index contributed by atoms with van der Waals surface area (Å²) >= 11 is 1.95. The Hall–Kier alpha value is 0.270. The van der Waals surface area contributed by atoms with Crippen LogP contribution in [-0.4, -0.2) is 49.1 Å². The summed E-state index contributed by atoms with van der Waals surface area (Å²) in [4.78, 5) is 2.50. The minimum atomic E-state index is 0.717. The summed E-state index contributed by atoms with van der Waals surface area (Å²) in [6.45, 7) is 4.82. The summed E-state index contributed by atoms with van der Waals surface area (Å²) < 4.78 is 0. The lowest BCUT2D eigenvalue weighted by Gasteiger charge is -2.27. The Bertz CT molecular complexity index is 169. The Kier molecular flexibility index (Phi) is 7.50. The molecule has 1 aliphatic heterocycles. The molecule has 3 heteroatoms. The lowest BCUT2D eigenvalue weighted by atomic mass is 10.0. The Morgan fingerprint density at radius 2 is 2.25 bits per heavy atom. The molecule has 0 aromatic carbocycles. The van der Waals surface area contributed by atoms with E-state index in [4.69, 9.17) is 0 Å². The van der Waals surface area contributed by atoms with Crippen LogP contribution >= 0.6 is 11.8 Å². The van der Waals surface area contributed by atoms with Crippen LogP contribution in [0, 0.1) is 0 Å². The summed E-state index contributed by atoms with van der Waals surface area (Å²) in [5.41, 5.74) is 0. The number of nitrogens with one attached hydrogen (secondary N) is 1. The molecule has 1 aliphatic rings. The van der Waals surface area contributed by atoms with E-state index in [2.05, 4.69) is 30.4 Å². The van der Waals surface area contributed by atoms with Crippen molar-refractivity contribution in [3.63, 3.8) is 0 Å². The molecular weight excluding hydrogens is 216 g/mol. The van der Waals surface area contributed by atoms with Crippen molar-refractivity contribution in [1.29, 1.82) is 0 Å². The predicted molar refractivity (Wildman–Crippen MR) is 75.3 cm³/mol. The summed E-state index contributed by atoms with van der Waals surface area (Å²) in [7, 11) is 2.26. The summed E-state index contributed by atoms with van der Waals surface area (Å²) in [5, 5.41) is 3.62. The van der Waals surface area contributed by atoms with Gasteiger partial charge in [0.2, 0.25) is 0 Å². The SMILES string of the molecule is CSCC(C)N(C)CCCC1CCCCN1. The number of nitrogens with zero attached hydrogens (tertiary/aromatic N) is 1. The summed E-state index contributed by atoms with van der Waals surface area (Å²) in [6, 6.07) is 1.52. The minimum absolute atomic E-state index is 0.717. The van der Waals surface area contributed by atoms with Crippen molar-refractivity contribution in [3.8, 4) is 0 Å². The molecule has 96 valence electrons. The van der Waals surface area contributed by atoms with E-state index in [0.29, 0.717) is 6.04 Å². The van der Waals surface area contributed by atoms with Gasteiger partial charge in [-0.2, -0.15) is 11.8 Å². The first-order chi connectivity index (χ1) is 7.74. The Balaban J connectivity index is 2.04. The third kappa shape index (κ3) is 5.55. The maximum Gasteiger partial charge on any atom is 0.0154 e. The molecule has 0 spiro atoms. The molecule has 0 radical (unpaired) electrons. The van der Waals surface area contributed by atoms with E-state index in [1.54, 1.807) is 0 Å². The van der Waals surface area contributed by atoms with Crippen LogP contribution in [-0.2, 0) is 0 Å². The maximum absolute atomic E-state index is 3.62. The molecular formula is C13H28N2S. The van der Waals surface area contributed by atoms with Gasteiger partial charge in [-0.25, -0.2) is 0 Å². The normalized spacial score (nSPS) is 23.6. The molecule has 1 rings (SSSR count). The van der Waals surface area contributed by atoms with E-state index in [-0.39, 0.29) is 0 Å². The quantitative estimate of drug-likeness (QED) is 0.741. The number of piperidine rings is 1. The highest BCUT2D eigenvalue weighted by molar-refractivity contribution is 7.98. The smallest absolute Gasteiger partial charge is 0.0154 e. The first-order valence-electron chi connectivity index (χ1n) is 6.66. The number of hydrogen-bond donors (Lipinski definition) is 1. The zero-order chi connectivity index (χ0) is 11.8. The molecule has 0 amide bonds. The van der Waals surface area contributed by atoms with Gasteiger partial charge in [-0.15, -0.1) is 0 Å². The molecule has 0 aromatic heterocycles. The third-order valence-corrected chi connectivity index (χ3v) is 4.45. The molecule has 1 heterocycles. The van der Waals surface area contributed by atoms with Crippen LogP contribution in [0.3, 0.4) is 0 Å². The summed E-state index contributed by atoms with van der Waals surface area (Å²) in [5.74, 6) is 1.25. The van der Waals surface area contributed by atoms with E-state index in [1.165, 1.54) is 50.9 Å². The van der Waals surface area contributed by atoms with Crippen LogP contribution in [0.4, 0.5) is 0 Å². The third-order valence-electron chi connectivity index (χ3n) is 3.64. The van der Waals surface area contributed by atoms with E-state index in [9.17, 15) is 0 Å². The van der Waals surface area contributed by atoms with Crippen LogP contribution in [0.1, 0.15) is 39.0 Å². The van der Waals surface area contributed by atoms with Gasteiger partial charge in [0, 0.05) is 17.8 Å². The molecule has 1 saturated heterocycles. The van der Waals surface area contributed by atoms with Gasteiger partial charge in [0.25, 0.3) is 0 Å². The van der Waals surface area contributed by atoms with Crippen LogP contribution in [0.2, 0.25) is 0 Å². The summed E-state index contributed by atoms with van der Waals surface area (Å²) in [6.07, 6.45) is 9.08. The molecule has 2 atom stereocenters. The largest absolute Gasteiger partial charge is 0.314 e. The van der Waals surface area contributed by atoms with E-state index < -0.39 is 0 Å². The molecule has 1 fully saturated rings. The van der Waals surface area contributed by atoms with Gasteiger partial charge in [0.1, 0.15) is 0 Å². The zero-order valence-corrected chi connectivity index (χ0v) is 12.0. The number of thioether (sulfide) groups is 1. The van der Waals surface area contributed by atoms with Gasteiger partial charge >= 0.3 is 0 Å². The fourth-order valence-electron chi connectivity index (χ4n) is 2.35. The van der Waals surface area contributed by atoms with Crippen molar-refractivity contribution in [1.82, 2.24) is 10.2 Å². The standard InChI is InChI=1S/C13H28N2S/c1-12(11-16-3)15(2)10-6-8-13-7-4-5-9-14-13/h12-14H,4-11H2,1-3H3. The molecule has 0 aliphatic carbocycles. The molecule has 0 bridgehead atoms. The van der Waals surface area contributed by atoms with Gasteiger partial charge in [-0.1, -0.05) is 6.42 Å². The van der Waals surface area contributed by atoms with Crippen molar-refractivity contribution in [2.45, 2.75) is 51.1 Å². The molecule has 2 nitrogen and oxygen atoms in total. The minimum Gasteiger partial charge on any atom is -0.314 e. The van der Waals surface area contributed by atoms with Gasteiger partial charge in [0.15, 0.2) is 0 Å². The van der Waals surface area contributed by atoms with Crippen LogP contribution in [0.15, 0.2) is 0 Å². The van der Waals surface area contributed by atoms with Crippen molar-refractivity contribution in [2.75, 3.05) is 32.1 Å². The highest BCUT2D eigenvalue weighted by Crippen LogP contribution is 2.12. The Labute approximate surface area is 106 Å². The second-order valence-corrected chi connectivity index (χ2v) is 5.98. The topological polar surface area (TPSA) is 15.3 Å². The average molecular weight is 244 g/mol. The van der Waals surface area contributed by atoms with E-state index in [1.807, 2.05) is 11.8 Å². The molecule has 0 saturated carbocycles. The molecule has 16 heavy (non-hydrogen) atoms. The maximum atomic E-state index is 3.62. The highest BCUT2D eigenvalue weighted by atomic mass is 32.2. The van der Waals surface area contributed by atoms with Crippen molar-refractivity contribution in [2.24, 2.45) is 0 Å². The van der Waals surface area contributed by atoms with Gasteiger partial charge in [-0.3, -0.25) is 0 Å². The Morgan fingerprint density at radius 3 is 2.88 bits per heavy atom. The van der Waals surface area contributed by atoms with Crippen LogP contribution in [0.5, 0.6) is 0 Å². The van der Waals surface area contributed by atoms with Gasteiger partial charge in [0.05, 0.1) is 0 Å². The number of hydrogen-bond acceptors (Lipinski definition) is 3. The van der Waals surface area contributed by atoms with Crippen LogP contribution in [0.25, 0.3) is 0 Å². The second kappa shape index (κ2) is 8.37. The highest BCUT2D eigenvalue weighted by Gasteiger charge is 2.13. The van der Waals surface area contributed by atoms with Gasteiger partial charge < -0.3 is 10.2 Å². The lowest BCUT2D eigenvalue weighted by molar-refractivity contribution is 0.261.